The van der Waals surface area contributed by atoms with Gasteiger partial charge < -0.3 is 4.74 Å². The summed E-state index contributed by atoms with van der Waals surface area (Å²) >= 11 is 6.59. The first kappa shape index (κ1) is 20.1. The van der Waals surface area contributed by atoms with E-state index >= 15 is 0 Å². The Hall–Kier alpha value is -3.18. The van der Waals surface area contributed by atoms with Crippen molar-refractivity contribution in [1.29, 1.82) is 0 Å². The van der Waals surface area contributed by atoms with Crippen LogP contribution in [0.15, 0.2) is 59.2 Å². The van der Waals surface area contributed by atoms with E-state index in [4.69, 9.17) is 16.3 Å². The lowest BCUT2D eigenvalue weighted by Gasteiger charge is -2.05. The highest BCUT2D eigenvalue weighted by Gasteiger charge is 2.25. The number of aryl methyl sites for hydroxylation is 2. The number of hydrogen-bond acceptors (Lipinski definition) is 4. The number of hydrogen-bond donors (Lipinski definition) is 0. The van der Waals surface area contributed by atoms with Gasteiger partial charge >= 0.3 is 5.97 Å². The van der Waals surface area contributed by atoms with E-state index in [1.54, 1.807) is 10.8 Å². The summed E-state index contributed by atoms with van der Waals surface area (Å²) in [6, 6.07) is 15.8. The van der Waals surface area contributed by atoms with Gasteiger partial charge in [-0.3, -0.25) is 0 Å². The largest absolute Gasteiger partial charge is 0.402 e. The molecule has 6 heteroatoms. The van der Waals surface area contributed by atoms with Crippen molar-refractivity contribution in [1.82, 2.24) is 9.78 Å². The Bertz CT molecular complexity index is 1170. The van der Waals surface area contributed by atoms with E-state index in [-0.39, 0.29) is 5.70 Å². The van der Waals surface area contributed by atoms with Crippen LogP contribution in [0.3, 0.4) is 0 Å². The first-order chi connectivity index (χ1) is 14.3. The Labute approximate surface area is 180 Å². The molecule has 1 aliphatic heterocycles. The van der Waals surface area contributed by atoms with Gasteiger partial charge in [0.05, 0.1) is 11.4 Å². The smallest absolute Gasteiger partial charge is 0.363 e. The molecule has 2 aromatic carbocycles. The minimum absolute atomic E-state index is 0.200. The first-order valence-electron chi connectivity index (χ1n) is 9.78. The number of cyclic esters (lactones) is 1. The van der Waals surface area contributed by atoms with E-state index in [2.05, 4.69) is 23.9 Å². The highest BCUT2D eigenvalue weighted by molar-refractivity contribution is 6.31. The van der Waals surface area contributed by atoms with Crippen molar-refractivity contribution in [3.05, 3.63) is 87.3 Å². The highest BCUT2D eigenvalue weighted by Crippen LogP contribution is 2.28. The summed E-state index contributed by atoms with van der Waals surface area (Å²) in [6.07, 6.45) is 1.63. The standard InChI is InChI=1S/C24H22ClN3O2/c1-14(2)17-7-9-18(10-8-17)23-26-21(24(29)30-23)13-20-16(4)27-28(22(20)25)19-11-5-15(3)6-12-19/h5-14H,1-4H3/b21-13-. The minimum atomic E-state index is -0.503. The maximum atomic E-state index is 12.4. The number of ether oxygens (including phenoxy) is 1. The molecule has 0 amide bonds. The third-order valence-corrected chi connectivity index (χ3v) is 5.42. The normalized spacial score (nSPS) is 15.1. The molecule has 0 saturated heterocycles. The lowest BCUT2D eigenvalue weighted by atomic mass is 10.0. The van der Waals surface area contributed by atoms with E-state index in [1.165, 1.54) is 5.56 Å². The molecule has 152 valence electrons. The lowest BCUT2D eigenvalue weighted by Crippen LogP contribution is -2.05. The van der Waals surface area contributed by atoms with E-state index in [0.29, 0.717) is 28.2 Å². The molecule has 1 aromatic heterocycles. The van der Waals surface area contributed by atoms with Gasteiger partial charge in [-0.1, -0.05) is 55.3 Å². The van der Waals surface area contributed by atoms with Crippen LogP contribution in [0.25, 0.3) is 11.8 Å². The van der Waals surface area contributed by atoms with Gasteiger partial charge in [-0.05, 0) is 55.7 Å². The first-order valence-corrected chi connectivity index (χ1v) is 10.2. The van der Waals surface area contributed by atoms with Crippen molar-refractivity contribution in [3.63, 3.8) is 0 Å². The van der Waals surface area contributed by atoms with Gasteiger partial charge in [0.15, 0.2) is 5.70 Å². The second kappa shape index (κ2) is 7.92. The average molecular weight is 420 g/mol. The van der Waals surface area contributed by atoms with Crippen LogP contribution in [0.4, 0.5) is 0 Å². The van der Waals surface area contributed by atoms with Crippen molar-refractivity contribution < 1.29 is 9.53 Å². The highest BCUT2D eigenvalue weighted by atomic mass is 35.5. The summed E-state index contributed by atoms with van der Waals surface area (Å²) in [5, 5.41) is 4.94. The van der Waals surface area contributed by atoms with Crippen molar-refractivity contribution in [3.8, 4) is 5.69 Å². The van der Waals surface area contributed by atoms with Crippen LogP contribution in [0.2, 0.25) is 5.15 Å². The maximum Gasteiger partial charge on any atom is 0.363 e. The average Bonchev–Trinajstić information content (AvgIpc) is 3.23. The molecule has 0 N–H and O–H groups in total. The predicted octanol–water partition coefficient (Wildman–Crippen LogP) is 5.61. The number of halogens is 1. The number of aliphatic imine (C=N–C) groups is 1. The molecule has 0 aliphatic carbocycles. The minimum Gasteiger partial charge on any atom is -0.402 e. The van der Waals surface area contributed by atoms with Crippen LogP contribution in [-0.2, 0) is 9.53 Å². The Morgan fingerprint density at radius 3 is 2.33 bits per heavy atom. The zero-order valence-corrected chi connectivity index (χ0v) is 18.1. The van der Waals surface area contributed by atoms with Crippen LogP contribution >= 0.6 is 11.6 Å². The van der Waals surface area contributed by atoms with Crippen molar-refractivity contribution in [2.45, 2.75) is 33.6 Å². The molecule has 0 spiro atoms. The van der Waals surface area contributed by atoms with Crippen LogP contribution in [0.1, 0.15) is 47.7 Å². The second-order valence-electron chi connectivity index (χ2n) is 7.65. The number of rotatable bonds is 4. The van der Waals surface area contributed by atoms with Gasteiger partial charge in [0.25, 0.3) is 0 Å². The van der Waals surface area contributed by atoms with Gasteiger partial charge in [-0.15, -0.1) is 0 Å². The molecule has 1 aliphatic rings. The summed E-state index contributed by atoms with van der Waals surface area (Å²) in [7, 11) is 0. The Morgan fingerprint density at radius 1 is 1.03 bits per heavy atom. The fourth-order valence-corrected chi connectivity index (χ4v) is 3.54. The Morgan fingerprint density at radius 2 is 1.70 bits per heavy atom. The molecule has 2 heterocycles. The number of nitrogens with zero attached hydrogens (tertiary/aromatic N) is 3. The van der Waals surface area contributed by atoms with Gasteiger partial charge in [0.2, 0.25) is 5.90 Å². The summed E-state index contributed by atoms with van der Waals surface area (Å²) in [4.78, 5) is 16.8. The van der Waals surface area contributed by atoms with Crippen LogP contribution in [0.5, 0.6) is 0 Å². The monoisotopic (exact) mass is 419 g/mol. The summed E-state index contributed by atoms with van der Waals surface area (Å²) in [5.41, 5.74) is 5.51. The summed E-state index contributed by atoms with van der Waals surface area (Å²) in [6.45, 7) is 8.13. The quantitative estimate of drug-likeness (QED) is 0.408. The van der Waals surface area contributed by atoms with E-state index in [9.17, 15) is 4.79 Å². The molecule has 0 unspecified atom stereocenters. The van der Waals surface area contributed by atoms with E-state index in [1.807, 2.05) is 62.4 Å². The lowest BCUT2D eigenvalue weighted by molar-refractivity contribution is -0.129. The van der Waals surface area contributed by atoms with E-state index in [0.717, 1.165) is 16.8 Å². The summed E-state index contributed by atoms with van der Waals surface area (Å²) < 4.78 is 7.04. The van der Waals surface area contributed by atoms with E-state index < -0.39 is 5.97 Å². The third kappa shape index (κ3) is 3.81. The molecule has 0 atom stereocenters. The van der Waals surface area contributed by atoms with Crippen LogP contribution in [-0.4, -0.2) is 21.6 Å². The van der Waals surface area contributed by atoms with Crippen molar-refractivity contribution >= 4 is 29.5 Å². The third-order valence-electron chi connectivity index (χ3n) is 5.05. The molecular weight excluding hydrogens is 398 g/mol. The van der Waals surface area contributed by atoms with Gasteiger partial charge in [0.1, 0.15) is 5.15 Å². The van der Waals surface area contributed by atoms with Gasteiger partial charge in [0, 0.05) is 11.1 Å². The molecule has 0 bridgehead atoms. The molecule has 3 aromatic rings. The molecule has 30 heavy (non-hydrogen) atoms. The summed E-state index contributed by atoms with van der Waals surface area (Å²) in [5.74, 6) is 0.218. The van der Waals surface area contributed by atoms with Crippen molar-refractivity contribution in [2.75, 3.05) is 0 Å². The SMILES string of the molecule is Cc1ccc(-n2nc(C)c(/C=C3\N=C(c4ccc(C(C)C)cc4)OC3=O)c2Cl)cc1. The Balaban J connectivity index is 1.67. The maximum absolute atomic E-state index is 12.4. The number of aromatic nitrogens is 2. The number of carbonyl (C=O) groups excluding carboxylic acids is 1. The van der Waals surface area contributed by atoms with Gasteiger partial charge in [-0.2, -0.15) is 5.10 Å². The van der Waals surface area contributed by atoms with Crippen molar-refractivity contribution in [2.24, 2.45) is 4.99 Å². The molecule has 5 nitrogen and oxygen atoms in total. The molecule has 0 fully saturated rings. The van der Waals surface area contributed by atoms with Gasteiger partial charge in [-0.25, -0.2) is 14.5 Å². The molecular formula is C24H22ClN3O2. The second-order valence-corrected chi connectivity index (χ2v) is 8.01. The fraction of sp³-hybridized carbons (Fsp3) is 0.208. The Kier molecular flexibility index (Phi) is 5.31. The topological polar surface area (TPSA) is 56.5 Å². The number of carbonyl (C=O) groups is 1. The number of esters is 1. The molecule has 0 saturated carbocycles. The molecule has 0 radical (unpaired) electrons. The predicted molar refractivity (Wildman–Crippen MR) is 119 cm³/mol. The zero-order valence-electron chi connectivity index (χ0n) is 17.3. The zero-order chi connectivity index (χ0) is 21.4. The molecule has 4 rings (SSSR count). The van der Waals surface area contributed by atoms with Crippen LogP contribution < -0.4 is 0 Å². The van der Waals surface area contributed by atoms with Crippen LogP contribution in [0, 0.1) is 13.8 Å². The fourth-order valence-electron chi connectivity index (χ4n) is 3.21. The number of benzene rings is 2.